The van der Waals surface area contributed by atoms with Crippen LogP contribution in [0.4, 0.5) is 0 Å². The molecule has 2 aliphatic rings. The molecule has 1 aromatic heterocycles. The lowest BCUT2D eigenvalue weighted by molar-refractivity contribution is 0.0753. The number of aryl methyl sites for hydroxylation is 1. The summed E-state index contributed by atoms with van der Waals surface area (Å²) in [6.07, 6.45) is 7.56. The molecule has 0 radical (unpaired) electrons. The van der Waals surface area contributed by atoms with Crippen molar-refractivity contribution in [2.45, 2.75) is 57.5 Å². The Kier molecular flexibility index (Phi) is 6.19. The summed E-state index contributed by atoms with van der Waals surface area (Å²) in [4.78, 5) is 15.2. The Hall–Kier alpha value is -2.34. The van der Waals surface area contributed by atoms with Gasteiger partial charge in [0.05, 0.1) is 7.11 Å². The van der Waals surface area contributed by atoms with Gasteiger partial charge in [0.2, 0.25) is 0 Å². The van der Waals surface area contributed by atoms with Crippen molar-refractivity contribution in [3.8, 4) is 5.75 Å². The molecule has 1 aliphatic heterocycles. The Morgan fingerprint density at radius 3 is 2.59 bits per heavy atom. The summed E-state index contributed by atoms with van der Waals surface area (Å²) < 4.78 is 7.16. The van der Waals surface area contributed by atoms with Crippen LogP contribution in [-0.2, 0) is 26.4 Å². The molecule has 1 saturated heterocycles. The molecular weight excluding hydrogens is 364 g/mol. The SMILES string of the molecule is COc1ccc(CNC2CCc3c(c(C(=O)N4CCCCCC4)nn3C)C2)cc1. The second-order valence-corrected chi connectivity index (χ2v) is 8.27. The molecule has 1 aromatic carbocycles. The highest BCUT2D eigenvalue weighted by Gasteiger charge is 2.30. The van der Waals surface area contributed by atoms with Gasteiger partial charge in [-0.05, 0) is 49.8 Å². The van der Waals surface area contributed by atoms with Gasteiger partial charge in [-0.15, -0.1) is 0 Å². The van der Waals surface area contributed by atoms with Crippen molar-refractivity contribution >= 4 is 5.91 Å². The van der Waals surface area contributed by atoms with Crippen molar-refractivity contribution in [1.82, 2.24) is 20.0 Å². The van der Waals surface area contributed by atoms with E-state index in [1.165, 1.54) is 24.1 Å². The minimum Gasteiger partial charge on any atom is -0.497 e. The zero-order valence-corrected chi connectivity index (χ0v) is 17.6. The average Bonchev–Trinajstić information content (AvgIpc) is 2.92. The van der Waals surface area contributed by atoms with Gasteiger partial charge >= 0.3 is 0 Å². The first-order valence-electron chi connectivity index (χ1n) is 10.9. The van der Waals surface area contributed by atoms with Crippen LogP contribution in [0.1, 0.15) is 59.4 Å². The smallest absolute Gasteiger partial charge is 0.274 e. The van der Waals surface area contributed by atoms with Gasteiger partial charge in [0.25, 0.3) is 5.91 Å². The van der Waals surface area contributed by atoms with Gasteiger partial charge in [-0.25, -0.2) is 0 Å². The molecule has 0 spiro atoms. The van der Waals surface area contributed by atoms with Gasteiger partial charge in [-0.2, -0.15) is 5.10 Å². The number of nitrogens with zero attached hydrogens (tertiary/aromatic N) is 3. The van der Waals surface area contributed by atoms with Gasteiger partial charge in [0, 0.05) is 44.0 Å². The normalized spacial score (nSPS) is 19.5. The summed E-state index contributed by atoms with van der Waals surface area (Å²) in [6, 6.07) is 8.55. The van der Waals surface area contributed by atoms with Gasteiger partial charge in [0.1, 0.15) is 5.75 Å². The highest BCUT2D eigenvalue weighted by molar-refractivity contribution is 5.94. The summed E-state index contributed by atoms with van der Waals surface area (Å²) in [7, 11) is 3.66. The van der Waals surface area contributed by atoms with Crippen molar-refractivity contribution in [1.29, 1.82) is 0 Å². The van der Waals surface area contributed by atoms with Crippen LogP contribution in [0, 0.1) is 0 Å². The van der Waals surface area contributed by atoms with E-state index in [2.05, 4.69) is 22.5 Å². The maximum Gasteiger partial charge on any atom is 0.274 e. The molecule has 29 heavy (non-hydrogen) atoms. The van der Waals surface area contributed by atoms with E-state index >= 15 is 0 Å². The number of hydrogen-bond donors (Lipinski definition) is 1. The van der Waals surface area contributed by atoms with Crippen LogP contribution >= 0.6 is 0 Å². The van der Waals surface area contributed by atoms with Crippen molar-refractivity contribution < 1.29 is 9.53 Å². The molecular formula is C23H32N4O2. The number of aromatic nitrogens is 2. The van der Waals surface area contributed by atoms with Crippen LogP contribution in [0.2, 0.25) is 0 Å². The van der Waals surface area contributed by atoms with Crippen LogP contribution in [0.5, 0.6) is 5.75 Å². The van der Waals surface area contributed by atoms with E-state index in [1.807, 2.05) is 28.8 Å². The van der Waals surface area contributed by atoms with Crippen molar-refractivity contribution in [3.05, 3.63) is 46.8 Å². The van der Waals surface area contributed by atoms with E-state index in [4.69, 9.17) is 4.74 Å². The number of methoxy groups -OCH3 is 1. The summed E-state index contributed by atoms with van der Waals surface area (Å²) in [5.74, 6) is 1.00. The lowest BCUT2D eigenvalue weighted by Crippen LogP contribution is -2.36. The third-order valence-electron chi connectivity index (χ3n) is 6.30. The number of fused-ring (bicyclic) bond motifs is 1. The number of likely N-dealkylation sites (tertiary alicyclic amines) is 1. The molecule has 1 aliphatic carbocycles. The van der Waals surface area contributed by atoms with Crippen molar-refractivity contribution in [2.24, 2.45) is 7.05 Å². The van der Waals surface area contributed by atoms with Crippen LogP contribution in [0.15, 0.2) is 24.3 Å². The summed E-state index contributed by atoms with van der Waals surface area (Å²) >= 11 is 0. The van der Waals surface area contributed by atoms with Crippen molar-refractivity contribution in [3.63, 3.8) is 0 Å². The number of ether oxygens (including phenoxy) is 1. The highest BCUT2D eigenvalue weighted by Crippen LogP contribution is 2.26. The zero-order chi connectivity index (χ0) is 20.2. The first-order chi connectivity index (χ1) is 14.2. The second kappa shape index (κ2) is 8.99. The van der Waals surface area contributed by atoms with Crippen LogP contribution < -0.4 is 10.1 Å². The molecule has 2 heterocycles. The predicted octanol–water partition coefficient (Wildman–Crippen LogP) is 3.09. The maximum absolute atomic E-state index is 13.2. The molecule has 4 rings (SSSR count). The second-order valence-electron chi connectivity index (χ2n) is 8.27. The molecule has 1 unspecified atom stereocenters. The number of carbonyl (C=O) groups is 1. The summed E-state index contributed by atoms with van der Waals surface area (Å²) in [5, 5.41) is 8.33. The largest absolute Gasteiger partial charge is 0.497 e. The molecule has 1 fully saturated rings. The lowest BCUT2D eigenvalue weighted by Gasteiger charge is -2.25. The van der Waals surface area contributed by atoms with E-state index in [0.717, 1.165) is 63.1 Å². The molecule has 1 N–H and O–H groups in total. The Balaban J connectivity index is 1.44. The fraction of sp³-hybridized carbons (Fsp3) is 0.565. The topological polar surface area (TPSA) is 59.4 Å². The molecule has 6 heteroatoms. The number of carbonyl (C=O) groups excluding carboxylic acids is 1. The Morgan fingerprint density at radius 1 is 1.17 bits per heavy atom. The zero-order valence-electron chi connectivity index (χ0n) is 17.6. The average molecular weight is 397 g/mol. The van der Waals surface area contributed by atoms with E-state index < -0.39 is 0 Å². The standard InChI is InChI=1S/C23H32N4O2/c1-26-21-12-9-18(24-16-17-7-10-19(29-2)11-8-17)15-20(21)22(25-26)23(28)27-13-5-3-4-6-14-27/h7-8,10-11,18,24H,3-6,9,12-16H2,1-2H3. The molecule has 6 nitrogen and oxygen atoms in total. The fourth-order valence-corrected chi connectivity index (χ4v) is 4.56. The molecule has 156 valence electrons. The quantitative estimate of drug-likeness (QED) is 0.844. The minimum atomic E-state index is 0.125. The summed E-state index contributed by atoms with van der Waals surface area (Å²) in [6.45, 7) is 2.55. The first kappa shape index (κ1) is 20.0. The number of hydrogen-bond acceptors (Lipinski definition) is 4. The van der Waals surface area contributed by atoms with E-state index in [9.17, 15) is 4.79 Å². The molecule has 0 saturated carbocycles. The van der Waals surface area contributed by atoms with Crippen LogP contribution in [0.3, 0.4) is 0 Å². The number of benzene rings is 1. The highest BCUT2D eigenvalue weighted by atomic mass is 16.5. The third kappa shape index (κ3) is 4.47. The molecule has 1 amide bonds. The number of amides is 1. The molecule has 0 bridgehead atoms. The van der Waals surface area contributed by atoms with E-state index in [-0.39, 0.29) is 5.91 Å². The molecule has 2 aromatic rings. The van der Waals surface area contributed by atoms with Gasteiger partial charge in [-0.3, -0.25) is 9.48 Å². The Labute approximate surface area is 173 Å². The first-order valence-corrected chi connectivity index (χ1v) is 10.9. The minimum absolute atomic E-state index is 0.125. The van der Waals surface area contributed by atoms with Crippen LogP contribution in [-0.4, -0.2) is 46.8 Å². The maximum atomic E-state index is 13.2. The van der Waals surface area contributed by atoms with E-state index in [0.29, 0.717) is 11.7 Å². The molecule has 1 atom stereocenters. The predicted molar refractivity (Wildman–Crippen MR) is 113 cm³/mol. The Morgan fingerprint density at radius 2 is 1.90 bits per heavy atom. The fourth-order valence-electron chi connectivity index (χ4n) is 4.56. The van der Waals surface area contributed by atoms with Crippen molar-refractivity contribution in [2.75, 3.05) is 20.2 Å². The monoisotopic (exact) mass is 396 g/mol. The lowest BCUT2D eigenvalue weighted by atomic mass is 9.91. The van der Waals surface area contributed by atoms with Gasteiger partial charge in [-0.1, -0.05) is 25.0 Å². The third-order valence-corrected chi connectivity index (χ3v) is 6.30. The van der Waals surface area contributed by atoms with Gasteiger partial charge in [0.15, 0.2) is 5.69 Å². The number of nitrogens with one attached hydrogen (secondary N) is 1. The Bertz CT molecular complexity index is 835. The number of rotatable bonds is 5. The summed E-state index contributed by atoms with van der Waals surface area (Å²) in [5.41, 5.74) is 4.30. The van der Waals surface area contributed by atoms with E-state index in [1.54, 1.807) is 7.11 Å². The van der Waals surface area contributed by atoms with Gasteiger partial charge < -0.3 is 15.0 Å². The van der Waals surface area contributed by atoms with Crippen LogP contribution in [0.25, 0.3) is 0 Å².